The van der Waals surface area contributed by atoms with Crippen molar-refractivity contribution in [3.8, 4) is 68.3 Å². The van der Waals surface area contributed by atoms with Crippen LogP contribution >= 0.6 is 38.6 Å². The van der Waals surface area contributed by atoms with E-state index in [0.717, 1.165) is 29.8 Å². The topological polar surface area (TPSA) is 453 Å². The summed E-state index contributed by atoms with van der Waals surface area (Å²) in [6, 6.07) is 27.2. The molecule has 0 saturated carbocycles. The number of ether oxygens (including phenoxy) is 7. The number of carbonyl (C=O) groups is 1. The Bertz CT molecular complexity index is 4710. The number of nitrogen functional groups attached to an aromatic ring is 3. The summed E-state index contributed by atoms with van der Waals surface area (Å²) in [5.41, 5.74) is 22.0. The minimum Gasteiger partial charge on any atom is -0.488 e. The van der Waals surface area contributed by atoms with E-state index < -0.39 is 42.2 Å². The average Bonchev–Trinajstić information content (AvgIpc) is 1.60. The number of nitrogens with two attached hydrogens (primary N) is 3. The summed E-state index contributed by atoms with van der Waals surface area (Å²) >= 11 is 6.37. The maximum absolute atomic E-state index is 14.2. The fourth-order valence-corrected chi connectivity index (χ4v) is 11.2. The van der Waals surface area contributed by atoms with E-state index in [4.69, 9.17) is 54.4 Å². The highest BCUT2D eigenvalue weighted by molar-refractivity contribution is 9.10. The Kier molecular flexibility index (Phi) is 33.3. The largest absolute Gasteiger partial charge is 0.488 e. The van der Waals surface area contributed by atoms with E-state index in [1.807, 2.05) is 38.1 Å². The van der Waals surface area contributed by atoms with Crippen LogP contribution in [0.25, 0.3) is 54.5 Å². The summed E-state index contributed by atoms with van der Waals surface area (Å²) in [5, 5.41) is 80.2. The molecular weight excluding hydrogens is 1500 g/mol. The summed E-state index contributed by atoms with van der Waals surface area (Å²) in [4.78, 5) is 36.8. The van der Waals surface area contributed by atoms with Crippen molar-refractivity contribution in [2.45, 2.75) is 51.7 Å². The molecule has 6 heterocycles. The van der Waals surface area contributed by atoms with Crippen LogP contribution in [0.5, 0.6) is 34.5 Å². The lowest BCUT2D eigenvalue weighted by molar-refractivity contribution is -0.252. The van der Waals surface area contributed by atoms with Gasteiger partial charge in [0.2, 0.25) is 0 Å². The minimum absolute atomic E-state index is 0. The molecule has 0 aliphatic rings. The van der Waals surface area contributed by atoms with Crippen LogP contribution < -0.4 is 42.3 Å². The molecule has 0 saturated heterocycles. The van der Waals surface area contributed by atoms with Gasteiger partial charge in [-0.1, -0.05) is 40.2 Å². The van der Waals surface area contributed by atoms with Gasteiger partial charge in [0, 0.05) is 80.2 Å². The van der Waals surface area contributed by atoms with E-state index in [0.29, 0.717) is 62.2 Å². The highest BCUT2D eigenvalue weighted by atomic mass is 79.9. The number of rotatable bonds is 27. The number of aromatic nitrogens is 10. The van der Waals surface area contributed by atoms with E-state index in [2.05, 4.69) is 75.1 Å². The molecule has 0 bridgehead atoms. The Balaban J connectivity index is 0.000000236. The number of carboxylic acids is 1. The number of likely N-dealkylation sites (N-methyl/N-ethyl adjacent to an activating group) is 1. The van der Waals surface area contributed by atoms with Gasteiger partial charge >= 0.3 is 5.97 Å². The fourth-order valence-electron chi connectivity index (χ4n) is 9.55. The van der Waals surface area contributed by atoms with Gasteiger partial charge in [0.05, 0.1) is 96.6 Å². The second kappa shape index (κ2) is 41.8. The van der Waals surface area contributed by atoms with E-state index in [1.165, 1.54) is 88.6 Å². The molecule has 0 unspecified atom stereocenters. The first-order valence-electron chi connectivity index (χ1n) is 31.6. The molecule has 0 atom stereocenters. The molecule has 32 nitrogen and oxygen atoms in total. The number of nitrogens with zero attached hydrogens (tertiary/aromatic N) is 13. The first-order valence-corrected chi connectivity index (χ1v) is 34.0. The second-order valence-electron chi connectivity index (χ2n) is 22.5. The van der Waals surface area contributed by atoms with Crippen LogP contribution in [0.15, 0.2) is 132 Å². The number of aliphatic hydroxyl groups is 6. The van der Waals surface area contributed by atoms with Gasteiger partial charge in [0.1, 0.15) is 106 Å². The highest BCUT2D eigenvalue weighted by Crippen LogP contribution is 2.40. The Morgan fingerprint density at radius 3 is 1.27 bits per heavy atom. The molecule has 0 fully saturated rings. The number of hydrogen-bond donors (Lipinski definition) is 11. The summed E-state index contributed by atoms with van der Waals surface area (Å²) in [7, 11) is 7.97. The number of aryl methyl sites for hydroxylation is 2. The van der Waals surface area contributed by atoms with Crippen molar-refractivity contribution < 1.29 is 82.5 Å². The summed E-state index contributed by atoms with van der Waals surface area (Å²) < 4.78 is 70.1. The molecule has 37 heteroatoms. The van der Waals surface area contributed by atoms with Crippen LogP contribution in [0.4, 0.5) is 37.6 Å². The lowest BCUT2D eigenvalue weighted by atomic mass is 10.1. The lowest BCUT2D eigenvalue weighted by Crippen LogP contribution is -2.20. The SMILES string of the molecule is CN(C)CC(=O)O.COC(OC)OC.Cc1ncc(COc2cc(F)cc(Oc3ccc(-c4nn(C(CO)CO)c5ncnc(N)c45)cc3)c2)s1.N.[C-]#[N+]c1c(-c2ccc(Br)cc2)nn(C(CO)CO)c1N.[C-]#[N+]c1c(-c2ccc(Oc3cc(F)cc(OCc4cnc(C)s4)c3)cc2)nn(C(CO)CO)c1N. The molecule has 0 spiro atoms. The number of thiazole rings is 2. The molecule has 0 amide bonds. The summed E-state index contributed by atoms with van der Waals surface area (Å²) in [5.74, 6) is 0.766. The van der Waals surface area contributed by atoms with Gasteiger partial charge in [0.25, 0.3) is 17.9 Å². The first kappa shape index (κ1) is 85.2. The molecule has 0 aliphatic heterocycles. The second-order valence-corrected chi connectivity index (χ2v) is 26.0. The third-order valence-electron chi connectivity index (χ3n) is 14.6. The molecule has 0 radical (unpaired) electrons. The maximum atomic E-state index is 14.2. The number of aliphatic hydroxyl groups excluding tert-OH is 6. The van der Waals surface area contributed by atoms with Gasteiger partial charge in [-0.2, -0.15) is 15.3 Å². The van der Waals surface area contributed by atoms with Gasteiger partial charge in [0.15, 0.2) is 5.65 Å². The number of hydrogen-bond acceptors (Lipinski definition) is 28. The number of fused-ring (bicyclic) bond motifs is 1. The summed E-state index contributed by atoms with van der Waals surface area (Å²) in [6.45, 7) is 16.6. The molecule has 11 rings (SSSR count). The number of halogens is 3. The molecular formula is C70H80BrF2N17O15S2. The van der Waals surface area contributed by atoms with Crippen LogP contribution in [0, 0.1) is 38.6 Å². The van der Waals surface area contributed by atoms with Crippen LogP contribution in [-0.4, -0.2) is 184 Å². The monoisotopic (exact) mass is 1580 g/mol. The molecule has 6 aromatic heterocycles. The molecule has 11 aromatic rings. The van der Waals surface area contributed by atoms with Crippen LogP contribution in [0.1, 0.15) is 37.9 Å². The van der Waals surface area contributed by atoms with Crippen LogP contribution in [0.3, 0.4) is 0 Å². The quantitative estimate of drug-likeness (QED) is 0.0168. The van der Waals surface area contributed by atoms with Crippen molar-refractivity contribution in [2.75, 3.05) is 98.8 Å². The smallest absolute Gasteiger partial charge is 0.317 e. The number of methoxy groups -OCH3 is 3. The van der Waals surface area contributed by atoms with Crippen molar-refractivity contribution in [1.82, 2.24) is 60.3 Å². The number of benzene rings is 5. The number of anilines is 3. The highest BCUT2D eigenvalue weighted by Gasteiger charge is 2.25. The molecule has 0 aliphatic carbocycles. The van der Waals surface area contributed by atoms with Crippen molar-refractivity contribution >= 4 is 84.4 Å². The zero-order valence-electron chi connectivity index (χ0n) is 58.9. The van der Waals surface area contributed by atoms with Crippen molar-refractivity contribution in [1.29, 1.82) is 0 Å². The van der Waals surface area contributed by atoms with E-state index >= 15 is 0 Å². The zero-order valence-corrected chi connectivity index (χ0v) is 62.1. The van der Waals surface area contributed by atoms with Crippen LogP contribution in [-0.2, 0) is 32.2 Å². The Labute approximate surface area is 629 Å². The van der Waals surface area contributed by atoms with E-state index in [1.54, 1.807) is 92.1 Å². The Morgan fingerprint density at radius 1 is 0.561 bits per heavy atom. The molecule has 16 N–H and O–H groups in total. The fraction of sp³-hybridized carbons (Fsp3) is 0.286. The maximum Gasteiger partial charge on any atom is 0.317 e. The third kappa shape index (κ3) is 23.6. The Hall–Kier alpha value is -10.7. The van der Waals surface area contributed by atoms with Gasteiger partial charge in [-0.3, -0.25) is 19.1 Å². The van der Waals surface area contributed by atoms with Crippen molar-refractivity contribution in [3.63, 3.8) is 0 Å². The van der Waals surface area contributed by atoms with Gasteiger partial charge in [-0.05, 0) is 87.6 Å². The van der Waals surface area contributed by atoms with Crippen LogP contribution in [0.2, 0.25) is 0 Å². The normalized spacial score (nSPS) is 10.8. The zero-order chi connectivity index (χ0) is 77.1. The molecule has 568 valence electrons. The number of carboxylic acid groups (broad SMARTS) is 1. The summed E-state index contributed by atoms with van der Waals surface area (Å²) in [6.07, 6.45) is 4.76. The lowest BCUT2D eigenvalue weighted by Gasteiger charge is -2.13. The molecule has 5 aromatic carbocycles. The molecule has 107 heavy (non-hydrogen) atoms. The van der Waals surface area contributed by atoms with Gasteiger partial charge < -0.3 is 92.3 Å². The predicted octanol–water partition coefficient (Wildman–Crippen LogP) is 10.3. The van der Waals surface area contributed by atoms with E-state index in [-0.39, 0.29) is 106 Å². The Morgan fingerprint density at radius 2 is 0.935 bits per heavy atom. The minimum atomic E-state index is -0.787. The average molecular weight is 1580 g/mol. The van der Waals surface area contributed by atoms with Crippen molar-refractivity contribution in [3.05, 3.63) is 187 Å². The van der Waals surface area contributed by atoms with Gasteiger partial charge in [-0.25, -0.2) is 43.1 Å². The van der Waals surface area contributed by atoms with Crippen molar-refractivity contribution in [2.24, 2.45) is 0 Å². The van der Waals surface area contributed by atoms with Gasteiger partial charge in [-0.15, -0.1) is 22.7 Å². The predicted molar refractivity (Wildman–Crippen MR) is 401 cm³/mol. The third-order valence-corrected chi connectivity index (χ3v) is 16.9. The van der Waals surface area contributed by atoms with E-state index in [9.17, 15) is 44.2 Å². The first-order chi connectivity index (χ1) is 50.9. The number of aliphatic carboxylic acids is 1. The standard InChI is InChI=1S/C25H23FN6O4S.C24H22FN5O4S.C13H13BrN4O2.C4H9NO2.C4H10O3.H3N/c1-14-28-9-21(37-14)12-35-19-6-16(26)7-20(8-19)36-18-4-2-15(3-5-18)23-22-24(27)29-13-30-25(22)32(31-23)17(10-33)11-34;1-14-28-10-21(35-14)13-33-19-7-16(25)8-20(9-19)34-18-5-3-15(4-6-18)22-23(27-2)24(26)30(29-22)17(11-31)12-32;1-16-12-11(8-2-4-9(14)5-3-8)17-18(13(12)15)10(6-19)7-20;1-5(2)3-4(6)7;1-5-4(6-2)7-3;/h2-9,13,17,33-34H,10-12H2,1H3,(H2,27,29,30);3-10,17,31-32H,11-13,26H2,1H3;2-5,10,19-20H,6-7,15H2;3H2,1-2H3,(H,6,7);4H,1-3H3;1H3.